The predicted octanol–water partition coefficient (Wildman–Crippen LogP) is 10.1. The van der Waals surface area contributed by atoms with Gasteiger partial charge in [-0.2, -0.15) is 26.3 Å². The van der Waals surface area contributed by atoms with Crippen LogP contribution in [0.3, 0.4) is 0 Å². The van der Waals surface area contributed by atoms with E-state index in [-0.39, 0.29) is 11.6 Å². The molecule has 194 valence electrons. The summed E-state index contributed by atoms with van der Waals surface area (Å²) in [4.78, 5) is 0. The molecule has 0 amide bonds. The zero-order valence-electron chi connectivity index (χ0n) is 21.1. The van der Waals surface area contributed by atoms with E-state index >= 15 is 0 Å². The van der Waals surface area contributed by atoms with Crippen molar-refractivity contribution in [2.24, 2.45) is 11.8 Å². The Morgan fingerprint density at radius 2 is 1.15 bits per heavy atom. The molecule has 0 spiro atoms. The van der Waals surface area contributed by atoms with Gasteiger partial charge in [0.25, 0.3) is 0 Å². The SMILES string of the molecule is CC(C)C1CCCCC1.CC(C)c1cc(C(F)(F)F)cc(C(F)(F)F)c1.CC(C)n1cccc1. The Bertz CT molecular complexity index is 778. The van der Waals surface area contributed by atoms with E-state index < -0.39 is 29.4 Å². The van der Waals surface area contributed by atoms with Crippen molar-refractivity contribution >= 4 is 0 Å². The highest BCUT2D eigenvalue weighted by atomic mass is 19.4. The fraction of sp³-hybridized carbons (Fsp3) is 0.630. The molecule has 7 heteroatoms. The lowest BCUT2D eigenvalue weighted by atomic mass is 9.82. The lowest BCUT2D eigenvalue weighted by Crippen LogP contribution is -2.12. The first kappa shape index (κ1) is 30.1. The third-order valence-electron chi connectivity index (χ3n) is 6.09. The van der Waals surface area contributed by atoms with E-state index in [1.165, 1.54) is 46.0 Å². The minimum absolute atomic E-state index is 0.0205. The summed E-state index contributed by atoms with van der Waals surface area (Å²) < 4.78 is 76.8. The van der Waals surface area contributed by atoms with E-state index in [1.54, 1.807) is 0 Å². The maximum atomic E-state index is 12.4. The van der Waals surface area contributed by atoms with Crippen LogP contribution in [0.25, 0.3) is 0 Å². The minimum atomic E-state index is -4.77. The van der Waals surface area contributed by atoms with Gasteiger partial charge in [-0.1, -0.05) is 59.8 Å². The highest BCUT2D eigenvalue weighted by Gasteiger charge is 2.37. The molecule has 0 N–H and O–H groups in total. The zero-order chi connectivity index (χ0) is 26.1. The molecule has 0 aliphatic heterocycles. The second-order valence-electron chi connectivity index (χ2n) is 9.86. The lowest BCUT2D eigenvalue weighted by molar-refractivity contribution is -0.143. The van der Waals surface area contributed by atoms with E-state index in [0.29, 0.717) is 6.04 Å². The molecule has 1 aliphatic carbocycles. The Morgan fingerprint density at radius 3 is 1.41 bits per heavy atom. The maximum Gasteiger partial charge on any atom is 0.416 e. The van der Waals surface area contributed by atoms with Crippen molar-refractivity contribution in [2.45, 2.75) is 98.0 Å². The number of alkyl halides is 6. The summed E-state index contributed by atoms with van der Waals surface area (Å²) >= 11 is 0. The van der Waals surface area contributed by atoms with Crippen LogP contribution in [0.5, 0.6) is 0 Å². The molecule has 0 bridgehead atoms. The van der Waals surface area contributed by atoms with E-state index in [2.05, 4.69) is 44.7 Å². The number of benzene rings is 1. The fourth-order valence-electron chi connectivity index (χ4n) is 3.81. The first-order chi connectivity index (χ1) is 15.6. The number of nitrogens with zero attached hydrogens (tertiary/aromatic N) is 1. The molecule has 1 heterocycles. The monoisotopic (exact) mass is 491 g/mol. The van der Waals surface area contributed by atoms with E-state index in [1.807, 2.05) is 12.1 Å². The van der Waals surface area contributed by atoms with Crippen LogP contribution < -0.4 is 0 Å². The Kier molecular flexibility index (Phi) is 11.7. The summed E-state index contributed by atoms with van der Waals surface area (Å²) in [5.41, 5.74) is -2.51. The number of halogens is 6. The van der Waals surface area contributed by atoms with Gasteiger partial charge in [-0.25, -0.2) is 0 Å². The second-order valence-corrected chi connectivity index (χ2v) is 9.86. The topological polar surface area (TPSA) is 4.93 Å². The summed E-state index contributed by atoms with van der Waals surface area (Å²) in [6.07, 6.45) is 2.06. The van der Waals surface area contributed by atoms with Gasteiger partial charge in [0.05, 0.1) is 11.1 Å². The predicted molar refractivity (Wildman–Crippen MR) is 127 cm³/mol. The van der Waals surface area contributed by atoms with Gasteiger partial charge < -0.3 is 4.57 Å². The molecule has 0 unspecified atom stereocenters. The molecule has 1 aromatic carbocycles. The molecule has 34 heavy (non-hydrogen) atoms. The van der Waals surface area contributed by atoms with Gasteiger partial charge in [-0.05, 0) is 67.5 Å². The normalized spacial score (nSPS) is 15.1. The average molecular weight is 492 g/mol. The van der Waals surface area contributed by atoms with E-state index in [4.69, 9.17) is 0 Å². The van der Waals surface area contributed by atoms with Crippen molar-refractivity contribution < 1.29 is 26.3 Å². The van der Waals surface area contributed by atoms with Crippen molar-refractivity contribution in [1.82, 2.24) is 4.57 Å². The van der Waals surface area contributed by atoms with E-state index in [9.17, 15) is 26.3 Å². The van der Waals surface area contributed by atoms with Crippen molar-refractivity contribution in [3.8, 4) is 0 Å². The van der Waals surface area contributed by atoms with Gasteiger partial charge in [0.2, 0.25) is 0 Å². The van der Waals surface area contributed by atoms with Crippen LogP contribution in [0.1, 0.15) is 102 Å². The Hall–Kier alpha value is -1.92. The zero-order valence-corrected chi connectivity index (χ0v) is 21.1. The fourth-order valence-corrected chi connectivity index (χ4v) is 3.81. The molecule has 1 aromatic heterocycles. The molecule has 3 rings (SSSR count). The molecule has 0 radical (unpaired) electrons. The van der Waals surface area contributed by atoms with Crippen LogP contribution >= 0.6 is 0 Å². The van der Waals surface area contributed by atoms with Crippen LogP contribution in [0, 0.1) is 11.8 Å². The van der Waals surface area contributed by atoms with Gasteiger partial charge in [0.1, 0.15) is 0 Å². The summed E-state index contributed by atoms with van der Waals surface area (Å²) in [7, 11) is 0. The number of rotatable bonds is 3. The Labute approximate surface area is 200 Å². The van der Waals surface area contributed by atoms with Gasteiger partial charge in [-0.15, -0.1) is 0 Å². The van der Waals surface area contributed by atoms with Crippen molar-refractivity contribution in [3.63, 3.8) is 0 Å². The van der Waals surface area contributed by atoms with Crippen LogP contribution in [0.4, 0.5) is 26.3 Å². The van der Waals surface area contributed by atoms with Crippen molar-refractivity contribution in [2.75, 3.05) is 0 Å². The molecule has 1 aliphatic rings. The molecule has 1 saturated carbocycles. The van der Waals surface area contributed by atoms with Crippen LogP contribution in [-0.4, -0.2) is 4.57 Å². The highest BCUT2D eigenvalue weighted by Crippen LogP contribution is 2.37. The molecule has 2 aromatic rings. The quantitative estimate of drug-likeness (QED) is 0.376. The summed E-state index contributed by atoms with van der Waals surface area (Å²) in [6, 6.07) is 6.32. The van der Waals surface area contributed by atoms with Crippen molar-refractivity contribution in [1.29, 1.82) is 0 Å². The van der Waals surface area contributed by atoms with Gasteiger partial charge in [0, 0.05) is 18.4 Å². The molecular weight excluding hydrogens is 452 g/mol. The molecule has 0 saturated heterocycles. The van der Waals surface area contributed by atoms with Crippen LogP contribution in [0.15, 0.2) is 42.7 Å². The standard InChI is InChI=1S/C11H10F6.C9H18.C7H11N/c1-6(2)7-3-8(10(12,13)14)5-9(4-7)11(15,16)17;1-8(2)9-6-4-3-5-7-9;1-7(2)8-5-3-4-6-8/h3-6H,1-2H3;8-9H,3-7H2,1-2H3;3-7H,1-2H3. The van der Waals surface area contributed by atoms with Crippen LogP contribution in [-0.2, 0) is 12.4 Å². The first-order valence-corrected chi connectivity index (χ1v) is 12.0. The first-order valence-electron chi connectivity index (χ1n) is 12.0. The van der Waals surface area contributed by atoms with E-state index in [0.717, 1.165) is 24.0 Å². The lowest BCUT2D eigenvalue weighted by Gasteiger charge is -2.24. The number of hydrogen-bond acceptors (Lipinski definition) is 0. The summed E-state index contributed by atoms with van der Waals surface area (Å²) in [5, 5.41) is 0. The smallest absolute Gasteiger partial charge is 0.352 e. The van der Waals surface area contributed by atoms with Gasteiger partial charge >= 0.3 is 12.4 Å². The number of aromatic nitrogens is 1. The second kappa shape index (κ2) is 13.2. The number of hydrogen-bond donors (Lipinski definition) is 0. The summed E-state index contributed by atoms with van der Waals surface area (Å²) in [6.45, 7) is 12.1. The largest absolute Gasteiger partial charge is 0.416 e. The third kappa shape index (κ3) is 10.6. The molecule has 0 atom stereocenters. The average Bonchev–Trinajstić information content (AvgIpc) is 3.29. The molecule has 1 nitrogen and oxygen atoms in total. The Morgan fingerprint density at radius 1 is 0.706 bits per heavy atom. The maximum absolute atomic E-state index is 12.4. The third-order valence-corrected chi connectivity index (χ3v) is 6.09. The van der Waals surface area contributed by atoms with Gasteiger partial charge in [-0.3, -0.25) is 0 Å². The van der Waals surface area contributed by atoms with Crippen LogP contribution in [0.2, 0.25) is 0 Å². The minimum Gasteiger partial charge on any atom is -0.352 e. The Balaban J connectivity index is 0.000000284. The summed E-state index contributed by atoms with van der Waals surface area (Å²) in [5.74, 6) is 1.59. The highest BCUT2D eigenvalue weighted by molar-refractivity contribution is 5.35. The van der Waals surface area contributed by atoms with Gasteiger partial charge in [0.15, 0.2) is 0 Å². The molecule has 1 fully saturated rings. The van der Waals surface area contributed by atoms with Crippen molar-refractivity contribution in [3.05, 3.63) is 59.4 Å². The molecular formula is C27H39F6N.